The van der Waals surface area contributed by atoms with E-state index >= 15 is 0 Å². The van der Waals surface area contributed by atoms with E-state index in [1.165, 1.54) is 0 Å². The Labute approximate surface area is 137 Å². The van der Waals surface area contributed by atoms with Gasteiger partial charge in [-0.3, -0.25) is 4.79 Å². The number of rotatable bonds is 9. The van der Waals surface area contributed by atoms with Gasteiger partial charge in [-0.25, -0.2) is 0 Å². The highest BCUT2D eigenvalue weighted by molar-refractivity contribution is 7.99. The molecule has 1 amide bonds. The van der Waals surface area contributed by atoms with Crippen molar-refractivity contribution in [2.75, 3.05) is 11.5 Å². The summed E-state index contributed by atoms with van der Waals surface area (Å²) in [5, 5.41) is 14.1. The lowest BCUT2D eigenvalue weighted by atomic mass is 9.85. The molecule has 1 aliphatic rings. The summed E-state index contributed by atoms with van der Waals surface area (Å²) in [7, 11) is 0. The van der Waals surface area contributed by atoms with Crippen LogP contribution in [0.25, 0.3) is 0 Å². The minimum Gasteiger partial charge on any atom is -0.384 e. The van der Waals surface area contributed by atoms with Gasteiger partial charge < -0.3 is 10.4 Å². The number of hydrogen-bond donors (Lipinski definition) is 2. The molecule has 1 aliphatic carbocycles. The summed E-state index contributed by atoms with van der Waals surface area (Å²) in [6.45, 7) is 4.18. The maximum absolute atomic E-state index is 12.3. The fourth-order valence-corrected chi connectivity index (χ4v) is 3.63. The zero-order chi connectivity index (χ0) is 16.0. The Morgan fingerprint density at radius 1 is 1.41 bits per heavy atom. The Morgan fingerprint density at radius 2 is 2.09 bits per heavy atom. The summed E-state index contributed by atoms with van der Waals surface area (Å²) in [4.78, 5) is 12.3. The van der Waals surface area contributed by atoms with E-state index in [9.17, 15) is 9.90 Å². The van der Waals surface area contributed by atoms with Gasteiger partial charge in [0.25, 0.3) is 0 Å². The van der Waals surface area contributed by atoms with Gasteiger partial charge in [0.1, 0.15) is 5.60 Å². The third kappa shape index (κ3) is 4.75. The zero-order valence-corrected chi connectivity index (χ0v) is 14.4. The Hall–Kier alpha value is -1.00. The molecular formula is C18H27NO2S. The van der Waals surface area contributed by atoms with Crippen molar-refractivity contribution in [2.24, 2.45) is 5.92 Å². The third-order valence-electron chi connectivity index (χ3n) is 4.26. The van der Waals surface area contributed by atoms with E-state index < -0.39 is 5.60 Å². The molecule has 122 valence electrons. The second-order valence-corrected chi connectivity index (χ2v) is 7.59. The third-order valence-corrected chi connectivity index (χ3v) is 5.20. The van der Waals surface area contributed by atoms with Crippen LogP contribution in [0.5, 0.6) is 0 Å². The molecule has 0 saturated heterocycles. The molecular weight excluding hydrogens is 294 g/mol. The first-order valence-corrected chi connectivity index (χ1v) is 9.36. The summed E-state index contributed by atoms with van der Waals surface area (Å²) in [6, 6.07) is 9.78. The quantitative estimate of drug-likeness (QED) is 0.686. The van der Waals surface area contributed by atoms with Crippen LogP contribution in [0.15, 0.2) is 30.3 Å². The molecule has 0 unspecified atom stereocenters. The molecule has 0 bridgehead atoms. The molecule has 1 saturated carbocycles. The molecule has 0 radical (unpaired) electrons. The highest BCUT2D eigenvalue weighted by Crippen LogP contribution is 2.47. The standard InChI is InChI=1S/C18H27NO2S/c1-3-22-12-11-14(2)19-17(20)13-18(21,16-9-10-16)15-7-5-4-6-8-15/h4-8,14,16,21H,3,9-13H2,1-2H3,(H,19,20)/t14-,18-/m0/s1. The topological polar surface area (TPSA) is 49.3 Å². The van der Waals surface area contributed by atoms with Gasteiger partial charge in [0, 0.05) is 6.04 Å². The van der Waals surface area contributed by atoms with E-state index in [0.29, 0.717) is 0 Å². The molecule has 3 nitrogen and oxygen atoms in total. The summed E-state index contributed by atoms with van der Waals surface area (Å²) in [6.07, 6.45) is 3.13. The number of carbonyl (C=O) groups excluding carboxylic acids is 1. The number of nitrogens with one attached hydrogen (secondary N) is 1. The van der Waals surface area contributed by atoms with E-state index in [1.54, 1.807) is 0 Å². The Kier molecular flexibility index (Phi) is 6.33. The smallest absolute Gasteiger partial charge is 0.223 e. The molecule has 4 heteroatoms. The summed E-state index contributed by atoms with van der Waals surface area (Å²) in [5.41, 5.74) is -0.148. The second kappa shape index (κ2) is 8.02. The number of carbonyl (C=O) groups is 1. The van der Waals surface area contributed by atoms with Crippen molar-refractivity contribution in [1.82, 2.24) is 5.32 Å². The summed E-state index contributed by atoms with van der Waals surface area (Å²) in [5.74, 6) is 2.33. The minimum atomic E-state index is -1.01. The lowest BCUT2D eigenvalue weighted by molar-refractivity contribution is -0.128. The van der Waals surface area contributed by atoms with Gasteiger partial charge in [0.2, 0.25) is 5.91 Å². The Morgan fingerprint density at radius 3 is 2.68 bits per heavy atom. The fourth-order valence-electron chi connectivity index (χ4n) is 2.82. The highest BCUT2D eigenvalue weighted by atomic mass is 32.2. The molecule has 2 atom stereocenters. The lowest BCUT2D eigenvalue weighted by Crippen LogP contribution is -2.40. The summed E-state index contributed by atoms with van der Waals surface area (Å²) >= 11 is 1.89. The molecule has 0 aromatic heterocycles. The van der Waals surface area contributed by atoms with E-state index in [-0.39, 0.29) is 24.3 Å². The van der Waals surface area contributed by atoms with Crippen molar-refractivity contribution in [2.45, 2.75) is 51.2 Å². The molecule has 1 aromatic rings. The lowest BCUT2D eigenvalue weighted by Gasteiger charge is -2.29. The van der Waals surface area contributed by atoms with Crippen LogP contribution in [-0.4, -0.2) is 28.6 Å². The monoisotopic (exact) mass is 321 g/mol. The van der Waals surface area contributed by atoms with Gasteiger partial charge in [-0.05, 0) is 49.2 Å². The van der Waals surface area contributed by atoms with Crippen molar-refractivity contribution in [1.29, 1.82) is 0 Å². The molecule has 22 heavy (non-hydrogen) atoms. The van der Waals surface area contributed by atoms with E-state index in [4.69, 9.17) is 0 Å². The second-order valence-electron chi connectivity index (χ2n) is 6.20. The fraction of sp³-hybridized carbons (Fsp3) is 0.611. The normalized spacial score (nSPS) is 18.5. The average molecular weight is 321 g/mol. The van der Waals surface area contributed by atoms with E-state index in [0.717, 1.165) is 36.3 Å². The number of aliphatic hydroxyl groups is 1. The minimum absolute atomic E-state index is 0.0488. The van der Waals surface area contributed by atoms with Gasteiger partial charge in [0.15, 0.2) is 0 Å². The largest absolute Gasteiger partial charge is 0.384 e. The molecule has 1 fully saturated rings. The van der Waals surface area contributed by atoms with Crippen LogP contribution in [0, 0.1) is 5.92 Å². The van der Waals surface area contributed by atoms with E-state index in [2.05, 4.69) is 12.2 Å². The number of benzene rings is 1. The van der Waals surface area contributed by atoms with Gasteiger partial charge in [0.05, 0.1) is 6.42 Å². The van der Waals surface area contributed by atoms with Crippen molar-refractivity contribution in [3.63, 3.8) is 0 Å². The first-order valence-electron chi connectivity index (χ1n) is 8.21. The maximum atomic E-state index is 12.3. The van der Waals surface area contributed by atoms with Gasteiger partial charge in [-0.2, -0.15) is 11.8 Å². The van der Waals surface area contributed by atoms with Gasteiger partial charge in [-0.15, -0.1) is 0 Å². The van der Waals surface area contributed by atoms with Crippen LogP contribution in [0.2, 0.25) is 0 Å². The van der Waals surface area contributed by atoms with Crippen molar-refractivity contribution >= 4 is 17.7 Å². The maximum Gasteiger partial charge on any atom is 0.223 e. The first-order chi connectivity index (χ1) is 10.6. The zero-order valence-electron chi connectivity index (χ0n) is 13.5. The predicted molar refractivity (Wildman–Crippen MR) is 92.9 cm³/mol. The SMILES string of the molecule is CCSCC[C@H](C)NC(=O)C[C@](O)(c1ccccc1)C1CC1. The molecule has 2 N–H and O–H groups in total. The van der Waals surface area contributed by atoms with Crippen LogP contribution in [0.1, 0.15) is 45.1 Å². The number of hydrogen-bond acceptors (Lipinski definition) is 3. The van der Waals surface area contributed by atoms with Crippen LogP contribution in [0.3, 0.4) is 0 Å². The molecule has 1 aromatic carbocycles. The average Bonchev–Trinajstić information content (AvgIpc) is 3.33. The van der Waals surface area contributed by atoms with Crippen LogP contribution >= 0.6 is 11.8 Å². The van der Waals surface area contributed by atoms with Crippen molar-refractivity contribution in [3.8, 4) is 0 Å². The number of amides is 1. The summed E-state index contributed by atoms with van der Waals surface area (Å²) < 4.78 is 0. The van der Waals surface area contributed by atoms with Gasteiger partial charge >= 0.3 is 0 Å². The first kappa shape index (κ1) is 17.4. The van der Waals surface area contributed by atoms with Crippen LogP contribution in [-0.2, 0) is 10.4 Å². The van der Waals surface area contributed by atoms with Gasteiger partial charge in [-0.1, -0.05) is 37.3 Å². The number of thioether (sulfide) groups is 1. The van der Waals surface area contributed by atoms with E-state index in [1.807, 2.05) is 49.0 Å². The Bertz CT molecular complexity index is 475. The van der Waals surface area contributed by atoms with Crippen molar-refractivity contribution in [3.05, 3.63) is 35.9 Å². The molecule has 2 rings (SSSR count). The van der Waals surface area contributed by atoms with Crippen molar-refractivity contribution < 1.29 is 9.90 Å². The molecule has 0 heterocycles. The molecule has 0 aliphatic heterocycles. The highest BCUT2D eigenvalue weighted by Gasteiger charge is 2.46. The Balaban J connectivity index is 1.92. The predicted octanol–water partition coefficient (Wildman–Crippen LogP) is 3.32. The van der Waals surface area contributed by atoms with Crippen LogP contribution < -0.4 is 5.32 Å². The van der Waals surface area contributed by atoms with Crippen LogP contribution in [0.4, 0.5) is 0 Å². The molecule has 0 spiro atoms.